The van der Waals surface area contributed by atoms with Gasteiger partial charge in [-0.2, -0.15) is 0 Å². The van der Waals surface area contributed by atoms with Gasteiger partial charge in [0.15, 0.2) is 0 Å². The van der Waals surface area contributed by atoms with Crippen molar-refractivity contribution < 1.29 is 0 Å². The first-order chi connectivity index (χ1) is 7.93. The Kier molecular flexibility index (Phi) is 2.27. The lowest BCUT2D eigenvalue weighted by Gasteiger charge is -1.92. The number of aromatic nitrogens is 3. The maximum atomic E-state index is 4.40. The van der Waals surface area contributed by atoms with Crippen molar-refractivity contribution in [2.45, 2.75) is 0 Å². The van der Waals surface area contributed by atoms with Crippen LogP contribution in [0.5, 0.6) is 0 Å². The maximum absolute atomic E-state index is 4.40. The number of H-pyrrole nitrogens is 1. The highest BCUT2D eigenvalue weighted by molar-refractivity contribution is 7.18. The molecule has 0 saturated carbocycles. The molecule has 1 N–H and O–H groups in total. The Balaban J connectivity index is 2.00. The summed E-state index contributed by atoms with van der Waals surface area (Å²) in [6, 6.07) is 10.2. The molecule has 3 nitrogen and oxygen atoms in total. The van der Waals surface area contributed by atoms with Crippen LogP contribution in [-0.4, -0.2) is 15.0 Å². The molecule has 0 radical (unpaired) electrons. The molecule has 0 unspecified atom stereocenters. The Labute approximate surface area is 96.8 Å². The zero-order valence-electron chi connectivity index (χ0n) is 8.42. The summed E-state index contributed by atoms with van der Waals surface area (Å²) in [6.07, 6.45) is 5.42. The monoisotopic (exact) mass is 227 g/mol. The molecule has 0 saturated heterocycles. The standard InChI is InChI=1S/C12H9N3S/c1-2-4-9(5-3-1)12-15-8-10(16-12)11-13-6-7-14-11/h1-8H,(H,13,14). The van der Waals surface area contributed by atoms with E-state index < -0.39 is 0 Å². The molecule has 0 aliphatic heterocycles. The molecule has 4 heteroatoms. The minimum atomic E-state index is 0.875. The van der Waals surface area contributed by atoms with E-state index in [0.717, 1.165) is 21.3 Å². The summed E-state index contributed by atoms with van der Waals surface area (Å²) in [4.78, 5) is 12.7. The van der Waals surface area contributed by atoms with Crippen LogP contribution in [0.1, 0.15) is 0 Å². The second-order valence-electron chi connectivity index (χ2n) is 3.33. The average Bonchev–Trinajstić information content (AvgIpc) is 3.01. The van der Waals surface area contributed by atoms with Gasteiger partial charge in [-0.15, -0.1) is 11.3 Å². The van der Waals surface area contributed by atoms with Crippen LogP contribution in [0, 0.1) is 0 Å². The average molecular weight is 227 g/mol. The molecule has 3 aromatic rings. The number of benzene rings is 1. The van der Waals surface area contributed by atoms with E-state index in [1.54, 1.807) is 17.5 Å². The van der Waals surface area contributed by atoms with Crippen molar-refractivity contribution in [1.29, 1.82) is 0 Å². The Bertz CT molecular complexity index is 569. The first-order valence-electron chi connectivity index (χ1n) is 4.94. The van der Waals surface area contributed by atoms with Gasteiger partial charge in [0.2, 0.25) is 0 Å². The molecule has 2 aromatic heterocycles. The van der Waals surface area contributed by atoms with Crippen LogP contribution in [0.3, 0.4) is 0 Å². The van der Waals surface area contributed by atoms with Crippen LogP contribution < -0.4 is 0 Å². The molecule has 0 aliphatic carbocycles. The van der Waals surface area contributed by atoms with Gasteiger partial charge in [-0.3, -0.25) is 0 Å². The van der Waals surface area contributed by atoms with Gasteiger partial charge >= 0.3 is 0 Å². The number of hydrogen-bond acceptors (Lipinski definition) is 3. The summed E-state index contributed by atoms with van der Waals surface area (Å²) in [5.74, 6) is 0.875. The molecule has 0 atom stereocenters. The predicted octanol–water partition coefficient (Wildman–Crippen LogP) is 3.20. The maximum Gasteiger partial charge on any atom is 0.149 e. The van der Waals surface area contributed by atoms with E-state index in [2.05, 4.69) is 27.1 Å². The third-order valence-electron chi connectivity index (χ3n) is 2.26. The minimum absolute atomic E-state index is 0.875. The van der Waals surface area contributed by atoms with Crippen molar-refractivity contribution in [2.75, 3.05) is 0 Å². The second kappa shape index (κ2) is 3.90. The van der Waals surface area contributed by atoms with Crippen molar-refractivity contribution in [1.82, 2.24) is 15.0 Å². The van der Waals surface area contributed by atoms with Gasteiger partial charge in [-0.25, -0.2) is 9.97 Å². The first kappa shape index (κ1) is 9.30. The highest BCUT2D eigenvalue weighted by Gasteiger charge is 2.07. The van der Waals surface area contributed by atoms with Crippen LogP contribution in [0.4, 0.5) is 0 Å². The van der Waals surface area contributed by atoms with E-state index in [9.17, 15) is 0 Å². The lowest BCUT2D eigenvalue weighted by molar-refractivity contribution is 1.31. The van der Waals surface area contributed by atoms with Gasteiger partial charge in [0.25, 0.3) is 0 Å². The summed E-state index contributed by atoms with van der Waals surface area (Å²) < 4.78 is 0. The number of nitrogens with one attached hydrogen (secondary N) is 1. The molecular formula is C12H9N3S. The van der Waals surface area contributed by atoms with Crippen molar-refractivity contribution in [3.8, 4) is 21.3 Å². The van der Waals surface area contributed by atoms with Gasteiger partial charge in [0, 0.05) is 24.2 Å². The largest absolute Gasteiger partial charge is 0.344 e. The highest BCUT2D eigenvalue weighted by atomic mass is 32.1. The Hall–Kier alpha value is -1.94. The highest BCUT2D eigenvalue weighted by Crippen LogP contribution is 2.29. The normalized spacial score (nSPS) is 10.5. The fourth-order valence-corrected chi connectivity index (χ4v) is 2.38. The first-order valence-corrected chi connectivity index (χ1v) is 5.76. The van der Waals surface area contributed by atoms with E-state index >= 15 is 0 Å². The van der Waals surface area contributed by atoms with E-state index in [0.29, 0.717) is 0 Å². The fraction of sp³-hybridized carbons (Fsp3) is 0. The second-order valence-corrected chi connectivity index (χ2v) is 4.36. The van der Waals surface area contributed by atoms with E-state index in [1.165, 1.54) is 0 Å². The van der Waals surface area contributed by atoms with Gasteiger partial charge < -0.3 is 4.98 Å². The third kappa shape index (κ3) is 1.63. The molecule has 16 heavy (non-hydrogen) atoms. The quantitative estimate of drug-likeness (QED) is 0.730. The Morgan fingerprint density at radius 3 is 2.69 bits per heavy atom. The van der Waals surface area contributed by atoms with E-state index in [4.69, 9.17) is 0 Å². The van der Waals surface area contributed by atoms with Crippen LogP contribution in [0.25, 0.3) is 21.3 Å². The molecule has 0 spiro atoms. The number of nitrogens with zero attached hydrogens (tertiary/aromatic N) is 2. The number of imidazole rings is 1. The molecule has 1 aromatic carbocycles. The molecule has 0 amide bonds. The number of rotatable bonds is 2. The molecule has 0 aliphatic rings. The summed E-state index contributed by atoms with van der Waals surface area (Å²) in [5.41, 5.74) is 1.14. The van der Waals surface area contributed by atoms with Gasteiger partial charge in [0.05, 0.1) is 4.88 Å². The number of thiazole rings is 1. The van der Waals surface area contributed by atoms with Gasteiger partial charge in [-0.1, -0.05) is 30.3 Å². The summed E-state index contributed by atoms with van der Waals surface area (Å²) in [6.45, 7) is 0. The topological polar surface area (TPSA) is 41.6 Å². The molecule has 2 heterocycles. The fourth-order valence-electron chi connectivity index (χ4n) is 1.50. The van der Waals surface area contributed by atoms with Crippen LogP contribution in [0.2, 0.25) is 0 Å². The van der Waals surface area contributed by atoms with Crippen molar-refractivity contribution >= 4 is 11.3 Å². The molecule has 3 rings (SSSR count). The smallest absolute Gasteiger partial charge is 0.149 e. The Morgan fingerprint density at radius 2 is 1.94 bits per heavy atom. The lowest BCUT2D eigenvalue weighted by Crippen LogP contribution is -1.71. The summed E-state index contributed by atoms with van der Waals surface area (Å²) >= 11 is 1.64. The number of hydrogen-bond donors (Lipinski definition) is 1. The molecular weight excluding hydrogens is 218 g/mol. The molecule has 78 valence electrons. The SMILES string of the molecule is c1ccc(-c2ncc(-c3ncc[nH]3)s2)cc1. The van der Waals surface area contributed by atoms with Crippen LogP contribution in [-0.2, 0) is 0 Å². The zero-order chi connectivity index (χ0) is 10.8. The van der Waals surface area contributed by atoms with Gasteiger partial charge in [-0.05, 0) is 0 Å². The molecule has 0 bridgehead atoms. The minimum Gasteiger partial charge on any atom is -0.344 e. The Morgan fingerprint density at radius 1 is 1.06 bits per heavy atom. The third-order valence-corrected chi connectivity index (χ3v) is 3.31. The van der Waals surface area contributed by atoms with Gasteiger partial charge in [0.1, 0.15) is 10.8 Å². The zero-order valence-corrected chi connectivity index (χ0v) is 9.24. The van der Waals surface area contributed by atoms with Crippen molar-refractivity contribution in [2.24, 2.45) is 0 Å². The summed E-state index contributed by atoms with van der Waals surface area (Å²) in [5, 5.41) is 1.02. The van der Waals surface area contributed by atoms with Crippen LogP contribution in [0.15, 0.2) is 48.9 Å². The molecule has 0 fully saturated rings. The van der Waals surface area contributed by atoms with E-state index in [1.807, 2.05) is 30.6 Å². The van der Waals surface area contributed by atoms with E-state index in [-0.39, 0.29) is 0 Å². The number of aromatic amines is 1. The van der Waals surface area contributed by atoms with Crippen molar-refractivity contribution in [3.63, 3.8) is 0 Å². The lowest BCUT2D eigenvalue weighted by atomic mass is 10.2. The van der Waals surface area contributed by atoms with Crippen molar-refractivity contribution in [3.05, 3.63) is 48.9 Å². The summed E-state index contributed by atoms with van der Waals surface area (Å²) in [7, 11) is 0. The predicted molar refractivity (Wildman–Crippen MR) is 65.1 cm³/mol. The van der Waals surface area contributed by atoms with Crippen LogP contribution >= 0.6 is 11.3 Å².